The van der Waals surface area contributed by atoms with Crippen molar-refractivity contribution in [2.75, 3.05) is 19.0 Å². The second kappa shape index (κ2) is 8.42. The molecule has 5 heteroatoms. The molecule has 0 bridgehead atoms. The maximum atomic E-state index is 9.52. The molecule has 3 aromatic rings. The summed E-state index contributed by atoms with van der Waals surface area (Å²) in [6.45, 7) is 1.64. The normalized spacial score (nSPS) is 17.8. The number of ether oxygens (including phenoxy) is 1. The third-order valence-electron chi connectivity index (χ3n) is 5.24. The van der Waals surface area contributed by atoms with Crippen LogP contribution in [0.3, 0.4) is 0 Å². The van der Waals surface area contributed by atoms with Crippen LogP contribution in [0.15, 0.2) is 66.9 Å². The Balaban J connectivity index is 1.50. The van der Waals surface area contributed by atoms with E-state index >= 15 is 0 Å². The van der Waals surface area contributed by atoms with E-state index in [2.05, 4.69) is 45.9 Å². The van der Waals surface area contributed by atoms with Crippen LogP contribution in [-0.2, 0) is 13.2 Å². The van der Waals surface area contributed by atoms with Gasteiger partial charge in [-0.1, -0.05) is 42.5 Å². The number of aliphatic hydroxyl groups excluding tert-OH is 1. The Morgan fingerprint density at radius 2 is 1.93 bits per heavy atom. The average molecular weight is 375 g/mol. The van der Waals surface area contributed by atoms with Gasteiger partial charge in [0.1, 0.15) is 11.6 Å². The van der Waals surface area contributed by atoms with Gasteiger partial charge in [-0.25, -0.2) is 4.98 Å². The standard InChI is InChI=1S/C23H25N3O2/c1-28-19-9-7-16(8-10-19)13-24-14-21-22(18-5-2-4-17(12-18)15-27)20-6-3-11-25-23(20)26-21/h2-12,21-22,24,27H,13-15H2,1H3,(H,25,26). The number of nitrogens with zero attached hydrogens (tertiary/aromatic N) is 1. The topological polar surface area (TPSA) is 66.4 Å². The molecule has 28 heavy (non-hydrogen) atoms. The lowest BCUT2D eigenvalue weighted by Crippen LogP contribution is -2.34. The van der Waals surface area contributed by atoms with Gasteiger partial charge in [-0.3, -0.25) is 0 Å². The van der Waals surface area contributed by atoms with Crippen LogP contribution >= 0.6 is 0 Å². The van der Waals surface area contributed by atoms with E-state index in [-0.39, 0.29) is 18.6 Å². The predicted octanol–water partition coefficient (Wildman–Crippen LogP) is 3.30. The van der Waals surface area contributed by atoms with E-state index in [0.29, 0.717) is 0 Å². The number of aliphatic hydroxyl groups is 1. The first-order valence-electron chi connectivity index (χ1n) is 9.53. The molecule has 2 atom stereocenters. The zero-order chi connectivity index (χ0) is 19.3. The van der Waals surface area contributed by atoms with E-state index in [4.69, 9.17) is 4.74 Å². The molecule has 1 aromatic heterocycles. The highest BCUT2D eigenvalue weighted by Crippen LogP contribution is 2.39. The summed E-state index contributed by atoms with van der Waals surface area (Å²) in [5.74, 6) is 2.00. The van der Waals surface area contributed by atoms with Crippen molar-refractivity contribution < 1.29 is 9.84 Å². The third-order valence-corrected chi connectivity index (χ3v) is 5.24. The average Bonchev–Trinajstić information content (AvgIpc) is 3.12. The summed E-state index contributed by atoms with van der Waals surface area (Å²) in [6.07, 6.45) is 1.82. The van der Waals surface area contributed by atoms with E-state index in [1.165, 1.54) is 16.7 Å². The Morgan fingerprint density at radius 3 is 2.71 bits per heavy atom. The lowest BCUT2D eigenvalue weighted by Gasteiger charge is -2.22. The summed E-state index contributed by atoms with van der Waals surface area (Å²) in [4.78, 5) is 4.51. The van der Waals surface area contributed by atoms with Crippen LogP contribution in [0.25, 0.3) is 0 Å². The van der Waals surface area contributed by atoms with Gasteiger partial charge in [0.2, 0.25) is 0 Å². The van der Waals surface area contributed by atoms with Crippen LogP contribution in [0.4, 0.5) is 5.82 Å². The van der Waals surface area contributed by atoms with Gasteiger partial charge >= 0.3 is 0 Å². The summed E-state index contributed by atoms with van der Waals surface area (Å²) >= 11 is 0. The first-order valence-corrected chi connectivity index (χ1v) is 9.53. The van der Waals surface area contributed by atoms with Gasteiger partial charge in [0, 0.05) is 30.8 Å². The summed E-state index contributed by atoms with van der Waals surface area (Å²) in [5, 5.41) is 16.7. The number of pyridine rings is 1. The molecule has 2 aromatic carbocycles. The monoisotopic (exact) mass is 375 g/mol. The van der Waals surface area contributed by atoms with Crippen molar-refractivity contribution in [3.8, 4) is 5.75 Å². The molecule has 0 saturated carbocycles. The number of fused-ring (bicyclic) bond motifs is 1. The van der Waals surface area contributed by atoms with E-state index in [1.807, 2.05) is 36.5 Å². The summed E-state index contributed by atoms with van der Waals surface area (Å²) in [6, 6.07) is 20.6. The van der Waals surface area contributed by atoms with Crippen LogP contribution in [0, 0.1) is 0 Å². The number of anilines is 1. The zero-order valence-corrected chi connectivity index (χ0v) is 15.9. The van der Waals surface area contributed by atoms with Gasteiger partial charge in [0.25, 0.3) is 0 Å². The minimum absolute atomic E-state index is 0.0499. The lowest BCUT2D eigenvalue weighted by atomic mass is 9.87. The predicted molar refractivity (Wildman–Crippen MR) is 111 cm³/mol. The van der Waals surface area contributed by atoms with Crippen molar-refractivity contribution >= 4 is 5.82 Å². The van der Waals surface area contributed by atoms with Crippen molar-refractivity contribution in [2.24, 2.45) is 0 Å². The Kier molecular flexibility index (Phi) is 5.55. The highest BCUT2D eigenvalue weighted by Gasteiger charge is 2.33. The van der Waals surface area contributed by atoms with Crippen LogP contribution in [-0.4, -0.2) is 29.8 Å². The van der Waals surface area contributed by atoms with Crippen molar-refractivity contribution in [2.45, 2.75) is 25.1 Å². The number of benzene rings is 2. The minimum atomic E-state index is 0.0499. The molecule has 0 fully saturated rings. The molecule has 1 aliphatic heterocycles. The van der Waals surface area contributed by atoms with Gasteiger partial charge in [-0.2, -0.15) is 0 Å². The van der Waals surface area contributed by atoms with Gasteiger partial charge in [0.05, 0.1) is 19.8 Å². The molecule has 2 unspecified atom stereocenters. The Labute approximate surface area is 165 Å². The Hall–Kier alpha value is -2.89. The molecule has 3 N–H and O–H groups in total. The number of hydrogen-bond acceptors (Lipinski definition) is 5. The summed E-state index contributed by atoms with van der Waals surface area (Å²) in [5.41, 5.74) is 4.55. The first-order chi connectivity index (χ1) is 13.8. The van der Waals surface area contributed by atoms with Gasteiger partial charge in [0.15, 0.2) is 0 Å². The molecule has 2 heterocycles. The second-order valence-electron chi connectivity index (χ2n) is 7.05. The maximum Gasteiger partial charge on any atom is 0.130 e. The van der Waals surface area contributed by atoms with Gasteiger partial charge in [-0.05, 0) is 34.9 Å². The zero-order valence-electron chi connectivity index (χ0n) is 15.9. The third kappa shape index (κ3) is 3.86. The molecule has 1 aliphatic rings. The van der Waals surface area contributed by atoms with Crippen LogP contribution in [0.5, 0.6) is 5.75 Å². The smallest absolute Gasteiger partial charge is 0.130 e. The molecule has 0 aliphatic carbocycles. The molecule has 4 rings (SSSR count). The largest absolute Gasteiger partial charge is 0.497 e. The van der Waals surface area contributed by atoms with E-state index < -0.39 is 0 Å². The number of rotatable bonds is 7. The summed E-state index contributed by atoms with van der Waals surface area (Å²) in [7, 11) is 1.68. The first kappa shape index (κ1) is 18.5. The SMILES string of the molecule is COc1ccc(CNCC2Nc3ncccc3C2c2cccc(CO)c2)cc1. The van der Waals surface area contributed by atoms with Crippen LogP contribution in [0.2, 0.25) is 0 Å². The van der Waals surface area contributed by atoms with Crippen molar-refractivity contribution in [3.63, 3.8) is 0 Å². The van der Waals surface area contributed by atoms with Crippen molar-refractivity contribution in [3.05, 3.63) is 89.1 Å². The van der Waals surface area contributed by atoms with Crippen molar-refractivity contribution in [1.29, 1.82) is 0 Å². The highest BCUT2D eigenvalue weighted by molar-refractivity contribution is 5.58. The van der Waals surface area contributed by atoms with Gasteiger partial charge in [-0.15, -0.1) is 0 Å². The number of hydrogen-bond donors (Lipinski definition) is 3. The fourth-order valence-electron chi connectivity index (χ4n) is 3.85. The quantitative estimate of drug-likeness (QED) is 0.591. The van der Waals surface area contributed by atoms with Crippen LogP contribution in [0.1, 0.15) is 28.2 Å². The van der Waals surface area contributed by atoms with E-state index in [9.17, 15) is 5.11 Å². The number of methoxy groups -OCH3 is 1. The molecule has 0 saturated heterocycles. The van der Waals surface area contributed by atoms with Crippen LogP contribution < -0.4 is 15.4 Å². The Morgan fingerprint density at radius 1 is 1.07 bits per heavy atom. The molecule has 0 amide bonds. The maximum absolute atomic E-state index is 9.52. The van der Waals surface area contributed by atoms with E-state index in [0.717, 1.165) is 30.2 Å². The summed E-state index contributed by atoms with van der Waals surface area (Å²) < 4.78 is 5.22. The lowest BCUT2D eigenvalue weighted by molar-refractivity contribution is 0.281. The number of nitrogens with one attached hydrogen (secondary N) is 2. The molecule has 0 radical (unpaired) electrons. The molecule has 5 nitrogen and oxygen atoms in total. The molecular formula is C23H25N3O2. The molecule has 0 spiro atoms. The highest BCUT2D eigenvalue weighted by atomic mass is 16.5. The minimum Gasteiger partial charge on any atom is -0.497 e. The molecule has 144 valence electrons. The van der Waals surface area contributed by atoms with Crippen molar-refractivity contribution in [1.82, 2.24) is 10.3 Å². The Bertz CT molecular complexity index is 927. The van der Waals surface area contributed by atoms with Gasteiger partial charge < -0.3 is 20.5 Å². The fourth-order valence-corrected chi connectivity index (χ4v) is 3.85. The molecular weight excluding hydrogens is 350 g/mol. The fraction of sp³-hybridized carbons (Fsp3) is 0.261. The number of aromatic nitrogens is 1. The second-order valence-corrected chi connectivity index (χ2v) is 7.05. The van der Waals surface area contributed by atoms with E-state index in [1.54, 1.807) is 7.11 Å².